The van der Waals surface area contributed by atoms with E-state index in [-0.39, 0.29) is 19.9 Å². The highest BCUT2D eigenvalue weighted by Gasteiger charge is 2.37. The summed E-state index contributed by atoms with van der Waals surface area (Å²) in [6, 6.07) is 11.4. The van der Waals surface area contributed by atoms with Crippen LogP contribution in [0.15, 0.2) is 48.7 Å². The maximum absolute atomic E-state index is 13.2. The molecule has 2 aliphatic heterocycles. The van der Waals surface area contributed by atoms with Gasteiger partial charge in [-0.3, -0.25) is 24.2 Å². The number of rotatable bonds is 12. The first-order valence-corrected chi connectivity index (χ1v) is 14.7. The van der Waals surface area contributed by atoms with Gasteiger partial charge in [0, 0.05) is 31.1 Å². The highest BCUT2D eigenvalue weighted by molar-refractivity contribution is 6.38. The van der Waals surface area contributed by atoms with Gasteiger partial charge in [-0.2, -0.15) is 0 Å². The fourth-order valence-electron chi connectivity index (χ4n) is 5.30. The number of nitrogens with one attached hydrogen (secondary N) is 2. The van der Waals surface area contributed by atoms with E-state index in [0.29, 0.717) is 59.7 Å². The summed E-state index contributed by atoms with van der Waals surface area (Å²) in [5.74, 6) is -0.494. The van der Waals surface area contributed by atoms with Gasteiger partial charge in [-0.1, -0.05) is 6.07 Å². The molecule has 3 heterocycles. The van der Waals surface area contributed by atoms with Crippen molar-refractivity contribution >= 4 is 34.4 Å². The number of benzene rings is 2. The van der Waals surface area contributed by atoms with E-state index in [1.807, 2.05) is 6.07 Å². The maximum Gasteiger partial charge on any atom is 0.289 e. The predicted molar refractivity (Wildman–Crippen MR) is 161 cm³/mol. The third-order valence-corrected chi connectivity index (χ3v) is 7.59. The third kappa shape index (κ3) is 7.43. The summed E-state index contributed by atoms with van der Waals surface area (Å²) in [6.45, 7) is 1.79. The lowest BCUT2D eigenvalue weighted by Crippen LogP contribution is -2.49. The van der Waals surface area contributed by atoms with Crippen molar-refractivity contribution in [1.29, 1.82) is 0 Å². The lowest BCUT2D eigenvalue weighted by Gasteiger charge is -2.23. The molecule has 0 unspecified atom stereocenters. The molecule has 12 heteroatoms. The number of amides is 3. The standard InChI is InChI=1S/C32H37N5O7/c1-37(2,3)14-5-15-42-22-8-9-25-24(17-22)23(11-12-33-25)31(40)35-19-29(38)36-13-4-6-26(36)30(39)32(41)34-18-21-7-10-27-28(16-21)44-20-43-27/h7-12,16-17,26H,4-6,13-15,18-20H2,1-3H3,(H-,34,35,40,41)/p+1/t26-/m0/s1. The van der Waals surface area contributed by atoms with Crippen molar-refractivity contribution in [3.8, 4) is 17.2 Å². The molecule has 1 saturated heterocycles. The van der Waals surface area contributed by atoms with E-state index in [2.05, 4.69) is 36.8 Å². The maximum atomic E-state index is 13.2. The van der Waals surface area contributed by atoms with E-state index >= 15 is 0 Å². The molecule has 1 fully saturated rings. The minimum Gasteiger partial charge on any atom is -0.493 e. The number of nitrogens with zero attached hydrogens (tertiary/aromatic N) is 3. The number of carbonyl (C=O) groups is 4. The first-order valence-electron chi connectivity index (χ1n) is 14.7. The quantitative estimate of drug-likeness (QED) is 0.182. The molecule has 2 aromatic carbocycles. The second-order valence-electron chi connectivity index (χ2n) is 11.9. The zero-order valence-corrected chi connectivity index (χ0v) is 25.3. The summed E-state index contributed by atoms with van der Waals surface area (Å²) in [7, 11) is 6.37. The predicted octanol–water partition coefficient (Wildman–Crippen LogP) is 2.04. The number of quaternary nitrogens is 1. The lowest BCUT2D eigenvalue weighted by atomic mass is 10.1. The van der Waals surface area contributed by atoms with Crippen molar-refractivity contribution in [3.63, 3.8) is 0 Å². The van der Waals surface area contributed by atoms with Crippen LogP contribution in [0.25, 0.3) is 10.9 Å². The number of fused-ring (bicyclic) bond motifs is 2. The summed E-state index contributed by atoms with van der Waals surface area (Å²) in [5, 5.41) is 5.92. The first-order chi connectivity index (χ1) is 21.1. The number of carbonyl (C=O) groups excluding carboxylic acids is 4. The van der Waals surface area contributed by atoms with Gasteiger partial charge in [-0.25, -0.2) is 0 Å². The minimum absolute atomic E-state index is 0.126. The van der Waals surface area contributed by atoms with Crippen LogP contribution in [0.2, 0.25) is 0 Å². The molecule has 5 rings (SSSR count). The van der Waals surface area contributed by atoms with Crippen LogP contribution in [0, 0.1) is 0 Å². The molecule has 0 spiro atoms. The van der Waals surface area contributed by atoms with E-state index in [0.717, 1.165) is 23.0 Å². The van der Waals surface area contributed by atoms with Crippen molar-refractivity contribution in [1.82, 2.24) is 20.5 Å². The smallest absolute Gasteiger partial charge is 0.289 e. The Morgan fingerprint density at radius 3 is 2.66 bits per heavy atom. The van der Waals surface area contributed by atoms with Gasteiger partial charge >= 0.3 is 0 Å². The highest BCUT2D eigenvalue weighted by atomic mass is 16.7. The summed E-state index contributed by atoms with van der Waals surface area (Å²) in [6.07, 6.45) is 3.38. The number of Topliss-reactive ketones (excluding diaryl/α,β-unsaturated/α-hetero) is 1. The van der Waals surface area contributed by atoms with E-state index in [9.17, 15) is 19.2 Å². The monoisotopic (exact) mass is 604 g/mol. The van der Waals surface area contributed by atoms with Gasteiger partial charge < -0.3 is 34.2 Å². The number of aromatic nitrogens is 1. The Hall–Kier alpha value is -4.71. The zero-order valence-electron chi connectivity index (χ0n) is 25.3. The Morgan fingerprint density at radius 2 is 1.84 bits per heavy atom. The van der Waals surface area contributed by atoms with Crippen molar-refractivity contribution in [2.45, 2.75) is 31.8 Å². The van der Waals surface area contributed by atoms with Gasteiger partial charge in [0.15, 0.2) is 11.5 Å². The van der Waals surface area contributed by atoms with Crippen LogP contribution in [0.4, 0.5) is 0 Å². The molecule has 2 aliphatic rings. The van der Waals surface area contributed by atoms with Gasteiger partial charge in [-0.15, -0.1) is 0 Å². The SMILES string of the molecule is C[N+](C)(C)CCCOc1ccc2nccc(C(=O)NCC(=O)N3CCC[C@H]3C(=O)C(=O)NCc3ccc4c(c3)OCO4)c2c1. The Morgan fingerprint density at radius 1 is 1.02 bits per heavy atom. The number of ether oxygens (including phenoxy) is 3. The van der Waals surface area contributed by atoms with Crippen molar-refractivity contribution in [2.24, 2.45) is 0 Å². The lowest BCUT2D eigenvalue weighted by molar-refractivity contribution is -0.870. The number of hydrogen-bond donors (Lipinski definition) is 2. The molecule has 232 valence electrons. The van der Waals surface area contributed by atoms with E-state index in [1.165, 1.54) is 11.1 Å². The molecule has 44 heavy (non-hydrogen) atoms. The molecular formula is C32H38N5O7+. The summed E-state index contributed by atoms with van der Waals surface area (Å²) in [5.41, 5.74) is 1.73. The van der Waals surface area contributed by atoms with Gasteiger partial charge in [0.05, 0.1) is 51.9 Å². The van der Waals surface area contributed by atoms with Crippen molar-refractivity contribution < 1.29 is 37.9 Å². The molecule has 2 N–H and O–H groups in total. The van der Waals surface area contributed by atoms with Crippen LogP contribution in [-0.4, -0.2) is 98.1 Å². The normalized spacial score (nSPS) is 15.7. The van der Waals surface area contributed by atoms with E-state index < -0.39 is 29.5 Å². The summed E-state index contributed by atoms with van der Waals surface area (Å²) < 4.78 is 17.4. The van der Waals surface area contributed by atoms with Crippen LogP contribution in [0.1, 0.15) is 35.2 Å². The molecule has 0 bridgehead atoms. The Labute approximate surface area is 255 Å². The van der Waals surface area contributed by atoms with Crippen LogP contribution >= 0.6 is 0 Å². The molecule has 3 amide bonds. The van der Waals surface area contributed by atoms with Crippen molar-refractivity contribution in [3.05, 3.63) is 59.8 Å². The fraction of sp³-hybridized carbons (Fsp3) is 0.406. The average molecular weight is 605 g/mol. The number of pyridine rings is 1. The number of hydrogen-bond acceptors (Lipinski definition) is 8. The Balaban J connectivity index is 1.15. The van der Waals surface area contributed by atoms with Crippen LogP contribution in [0.5, 0.6) is 17.2 Å². The third-order valence-electron chi connectivity index (χ3n) is 7.59. The molecule has 12 nitrogen and oxygen atoms in total. The minimum atomic E-state index is -0.880. The largest absolute Gasteiger partial charge is 0.493 e. The summed E-state index contributed by atoms with van der Waals surface area (Å²) in [4.78, 5) is 57.7. The highest BCUT2D eigenvalue weighted by Crippen LogP contribution is 2.32. The molecule has 0 saturated carbocycles. The topological polar surface area (TPSA) is 136 Å². The van der Waals surface area contributed by atoms with Gasteiger partial charge in [0.1, 0.15) is 11.8 Å². The molecule has 1 aromatic heterocycles. The van der Waals surface area contributed by atoms with Gasteiger partial charge in [0.2, 0.25) is 18.5 Å². The van der Waals surface area contributed by atoms with Crippen LogP contribution in [-0.2, 0) is 20.9 Å². The van der Waals surface area contributed by atoms with E-state index in [1.54, 1.807) is 36.4 Å². The second-order valence-corrected chi connectivity index (χ2v) is 11.9. The fourth-order valence-corrected chi connectivity index (χ4v) is 5.30. The Kier molecular flexibility index (Phi) is 9.29. The zero-order chi connectivity index (χ0) is 31.3. The molecular weight excluding hydrogens is 566 g/mol. The van der Waals surface area contributed by atoms with Gasteiger partial charge in [0.25, 0.3) is 11.8 Å². The molecule has 1 atom stereocenters. The number of ketones is 1. The van der Waals surface area contributed by atoms with Crippen molar-refractivity contribution in [2.75, 3.05) is 54.2 Å². The first kappa shape index (κ1) is 30.7. The number of likely N-dealkylation sites (tertiary alicyclic amines) is 1. The van der Waals surface area contributed by atoms with Crippen LogP contribution in [0.3, 0.4) is 0 Å². The molecule has 0 radical (unpaired) electrons. The Bertz CT molecular complexity index is 1570. The molecule has 0 aliphatic carbocycles. The molecule has 3 aromatic rings. The van der Waals surface area contributed by atoms with Crippen LogP contribution < -0.4 is 24.8 Å². The van der Waals surface area contributed by atoms with Gasteiger partial charge in [-0.05, 0) is 54.8 Å². The summed E-state index contributed by atoms with van der Waals surface area (Å²) >= 11 is 0. The second kappa shape index (κ2) is 13.3. The average Bonchev–Trinajstić information content (AvgIpc) is 3.69. The van der Waals surface area contributed by atoms with E-state index in [4.69, 9.17) is 14.2 Å².